The Morgan fingerprint density at radius 2 is 2.17 bits per heavy atom. The van der Waals surface area contributed by atoms with Gasteiger partial charge in [-0.1, -0.05) is 12.8 Å². The summed E-state index contributed by atoms with van der Waals surface area (Å²) in [5.74, 6) is 0.241. The largest absolute Gasteiger partial charge is 0.481 e. The van der Waals surface area contributed by atoms with Gasteiger partial charge in [-0.15, -0.1) is 0 Å². The van der Waals surface area contributed by atoms with Gasteiger partial charge in [0.25, 0.3) is 0 Å². The third-order valence-electron chi connectivity index (χ3n) is 2.32. The van der Waals surface area contributed by atoms with Gasteiger partial charge in [0.05, 0.1) is 6.42 Å². The van der Waals surface area contributed by atoms with E-state index >= 15 is 0 Å². The summed E-state index contributed by atoms with van der Waals surface area (Å²) in [6.07, 6.45) is 4.27. The molecule has 1 N–H and O–H groups in total. The van der Waals surface area contributed by atoms with Gasteiger partial charge in [-0.05, 0) is 25.9 Å². The van der Waals surface area contributed by atoms with Crippen molar-refractivity contribution in [3.63, 3.8) is 0 Å². The fraction of sp³-hybridized carbons (Fsp3) is 0.889. The molecule has 0 aliphatic heterocycles. The van der Waals surface area contributed by atoms with Gasteiger partial charge in [-0.2, -0.15) is 0 Å². The third-order valence-corrected chi connectivity index (χ3v) is 2.32. The lowest BCUT2D eigenvalue weighted by molar-refractivity contribution is -0.137. The van der Waals surface area contributed by atoms with Crippen LogP contribution < -0.4 is 0 Å². The number of hydrogen-bond donors (Lipinski definition) is 1. The van der Waals surface area contributed by atoms with Crippen molar-refractivity contribution < 1.29 is 9.90 Å². The Kier molecular flexibility index (Phi) is 3.53. The fourth-order valence-electron chi connectivity index (χ4n) is 1.21. The van der Waals surface area contributed by atoms with Crippen molar-refractivity contribution in [1.82, 2.24) is 4.90 Å². The molecular formula is C9H17NO2. The molecular weight excluding hydrogens is 154 g/mol. The summed E-state index contributed by atoms with van der Waals surface area (Å²) in [6, 6.07) is 0. The van der Waals surface area contributed by atoms with Gasteiger partial charge in [0.1, 0.15) is 0 Å². The van der Waals surface area contributed by atoms with Gasteiger partial charge in [0.15, 0.2) is 0 Å². The fourth-order valence-corrected chi connectivity index (χ4v) is 1.21. The van der Waals surface area contributed by atoms with E-state index in [-0.39, 0.29) is 6.42 Å². The first kappa shape index (κ1) is 9.52. The summed E-state index contributed by atoms with van der Waals surface area (Å²) in [4.78, 5) is 12.3. The van der Waals surface area contributed by atoms with E-state index in [0.29, 0.717) is 6.54 Å². The third kappa shape index (κ3) is 4.34. The number of carboxylic acid groups (broad SMARTS) is 1. The van der Waals surface area contributed by atoms with Crippen LogP contribution in [0.25, 0.3) is 0 Å². The van der Waals surface area contributed by atoms with Crippen molar-refractivity contribution in [2.24, 2.45) is 5.92 Å². The number of nitrogens with zero attached hydrogens (tertiary/aromatic N) is 1. The number of aliphatic carboxylic acids is 1. The van der Waals surface area contributed by atoms with Crippen molar-refractivity contribution in [3.8, 4) is 0 Å². The highest BCUT2D eigenvalue weighted by atomic mass is 16.4. The van der Waals surface area contributed by atoms with Crippen molar-refractivity contribution in [3.05, 3.63) is 0 Å². The van der Waals surface area contributed by atoms with E-state index in [2.05, 4.69) is 4.90 Å². The molecule has 1 aliphatic carbocycles. The molecule has 0 heterocycles. The molecule has 0 radical (unpaired) electrons. The maximum atomic E-state index is 10.2. The molecule has 0 amide bonds. The van der Waals surface area contributed by atoms with Crippen LogP contribution in [0.1, 0.15) is 25.7 Å². The predicted molar refractivity (Wildman–Crippen MR) is 47.1 cm³/mol. The van der Waals surface area contributed by atoms with Crippen LogP contribution in [0.4, 0.5) is 0 Å². The highest BCUT2D eigenvalue weighted by Crippen LogP contribution is 2.32. The van der Waals surface area contributed by atoms with Crippen LogP contribution in [0.15, 0.2) is 0 Å². The Labute approximate surface area is 73.4 Å². The molecule has 1 fully saturated rings. The van der Waals surface area contributed by atoms with E-state index in [1.807, 2.05) is 7.05 Å². The van der Waals surface area contributed by atoms with Crippen LogP contribution >= 0.6 is 0 Å². The number of rotatable bonds is 6. The molecule has 0 unspecified atom stereocenters. The second-order valence-electron chi connectivity index (χ2n) is 3.68. The predicted octanol–water partition coefficient (Wildman–Crippen LogP) is 1.19. The molecule has 1 rings (SSSR count). The van der Waals surface area contributed by atoms with E-state index in [1.165, 1.54) is 19.3 Å². The van der Waals surface area contributed by atoms with Crippen molar-refractivity contribution in [2.45, 2.75) is 25.7 Å². The molecule has 1 saturated carbocycles. The summed E-state index contributed by atoms with van der Waals surface area (Å²) < 4.78 is 0. The van der Waals surface area contributed by atoms with Gasteiger partial charge in [-0.3, -0.25) is 4.79 Å². The zero-order chi connectivity index (χ0) is 8.97. The molecule has 0 atom stereocenters. The highest BCUT2D eigenvalue weighted by Gasteiger charge is 2.20. The molecule has 0 aromatic carbocycles. The summed E-state index contributed by atoms with van der Waals surface area (Å²) in [6.45, 7) is 1.74. The number of carboxylic acids is 1. The lowest BCUT2D eigenvalue weighted by atomic mass is 10.3. The van der Waals surface area contributed by atoms with Crippen LogP contribution in [-0.2, 0) is 4.79 Å². The normalized spacial score (nSPS) is 16.8. The molecule has 3 nitrogen and oxygen atoms in total. The van der Waals surface area contributed by atoms with Crippen molar-refractivity contribution in [1.29, 1.82) is 0 Å². The summed E-state index contributed by atoms with van der Waals surface area (Å²) in [7, 11) is 1.99. The van der Waals surface area contributed by atoms with Crippen molar-refractivity contribution >= 4 is 5.97 Å². The van der Waals surface area contributed by atoms with Gasteiger partial charge < -0.3 is 10.0 Å². The first-order valence-electron chi connectivity index (χ1n) is 4.59. The standard InChI is InChI=1S/C9H17NO2/c1-10(7-5-9(11)12)6-4-8-2-3-8/h8H,2-7H2,1H3,(H,11,12). The maximum Gasteiger partial charge on any atom is 0.304 e. The Balaban J connectivity index is 1.94. The average Bonchev–Trinajstić information content (AvgIpc) is 2.80. The summed E-state index contributed by atoms with van der Waals surface area (Å²) in [5.41, 5.74) is 0. The van der Waals surface area contributed by atoms with Crippen molar-refractivity contribution in [2.75, 3.05) is 20.1 Å². The van der Waals surface area contributed by atoms with E-state index in [9.17, 15) is 4.79 Å². The molecule has 0 aromatic heterocycles. The lowest BCUT2D eigenvalue weighted by Gasteiger charge is -2.14. The minimum absolute atomic E-state index is 0.265. The van der Waals surface area contributed by atoms with Crippen LogP contribution in [0.3, 0.4) is 0 Å². The quantitative estimate of drug-likeness (QED) is 0.652. The summed E-state index contributed by atoms with van der Waals surface area (Å²) in [5, 5.41) is 8.43. The van der Waals surface area contributed by atoms with E-state index in [4.69, 9.17) is 5.11 Å². The Morgan fingerprint density at radius 1 is 1.50 bits per heavy atom. The lowest BCUT2D eigenvalue weighted by Crippen LogP contribution is -2.23. The SMILES string of the molecule is CN(CCC(=O)O)CCC1CC1. The maximum absolute atomic E-state index is 10.2. The molecule has 3 heteroatoms. The first-order chi connectivity index (χ1) is 5.68. The second kappa shape index (κ2) is 4.45. The zero-order valence-corrected chi connectivity index (χ0v) is 7.62. The second-order valence-corrected chi connectivity index (χ2v) is 3.68. The monoisotopic (exact) mass is 171 g/mol. The number of hydrogen-bond acceptors (Lipinski definition) is 2. The van der Waals surface area contributed by atoms with Gasteiger partial charge in [0.2, 0.25) is 0 Å². The zero-order valence-electron chi connectivity index (χ0n) is 7.62. The van der Waals surface area contributed by atoms with Crippen LogP contribution in [-0.4, -0.2) is 36.1 Å². The topological polar surface area (TPSA) is 40.5 Å². The molecule has 0 aromatic rings. The molecule has 70 valence electrons. The highest BCUT2D eigenvalue weighted by molar-refractivity contribution is 5.66. The van der Waals surface area contributed by atoms with E-state index < -0.39 is 5.97 Å². The number of carbonyl (C=O) groups is 1. The van der Waals surface area contributed by atoms with E-state index in [1.54, 1.807) is 0 Å². The Hall–Kier alpha value is -0.570. The minimum atomic E-state index is -0.701. The Bertz CT molecular complexity index is 155. The Morgan fingerprint density at radius 3 is 2.67 bits per heavy atom. The van der Waals surface area contributed by atoms with Crippen LogP contribution in [0, 0.1) is 5.92 Å². The minimum Gasteiger partial charge on any atom is -0.481 e. The van der Waals surface area contributed by atoms with E-state index in [0.717, 1.165) is 12.5 Å². The van der Waals surface area contributed by atoms with Gasteiger partial charge >= 0.3 is 5.97 Å². The summed E-state index contributed by atoms with van der Waals surface area (Å²) >= 11 is 0. The molecule has 0 spiro atoms. The molecule has 0 saturated heterocycles. The van der Waals surface area contributed by atoms with Crippen LogP contribution in [0.2, 0.25) is 0 Å². The smallest absolute Gasteiger partial charge is 0.304 e. The molecule has 1 aliphatic rings. The molecule has 12 heavy (non-hydrogen) atoms. The molecule has 0 bridgehead atoms. The first-order valence-corrected chi connectivity index (χ1v) is 4.59. The van der Waals surface area contributed by atoms with Gasteiger partial charge in [-0.25, -0.2) is 0 Å². The van der Waals surface area contributed by atoms with Gasteiger partial charge in [0, 0.05) is 6.54 Å². The van der Waals surface area contributed by atoms with Crippen LogP contribution in [0.5, 0.6) is 0 Å². The average molecular weight is 171 g/mol.